The zero-order chi connectivity index (χ0) is 38.7. The van der Waals surface area contributed by atoms with E-state index in [4.69, 9.17) is 19.4 Å². The van der Waals surface area contributed by atoms with Crippen molar-refractivity contribution in [1.82, 2.24) is 24.8 Å². The van der Waals surface area contributed by atoms with Crippen molar-refractivity contribution in [1.29, 1.82) is 0 Å². The fourth-order valence-corrected chi connectivity index (χ4v) is 8.58. The molecule has 8 bridgehead atoms. The summed E-state index contributed by atoms with van der Waals surface area (Å²) in [5.74, 6) is -1.46. The zero-order valence-corrected chi connectivity index (χ0v) is 32.9. The number of aromatic amines is 2. The maximum absolute atomic E-state index is 14.2. The van der Waals surface area contributed by atoms with Crippen molar-refractivity contribution >= 4 is 51.1 Å². The number of imide groups is 1. The Balaban J connectivity index is 1.51. The summed E-state index contributed by atoms with van der Waals surface area (Å²) >= 11 is 0. The molecule has 2 amide bonds. The van der Waals surface area contributed by atoms with E-state index >= 15 is 0 Å². The second-order valence-corrected chi connectivity index (χ2v) is 15.1. The lowest BCUT2D eigenvalue weighted by Gasteiger charge is -2.24. The number of carbonyl (C=O) groups excluding carboxylic acids is 3. The molecule has 4 aliphatic rings. The molecule has 0 saturated carbocycles. The van der Waals surface area contributed by atoms with Crippen molar-refractivity contribution in [3.8, 4) is 0 Å². The molecule has 6 heterocycles. The highest BCUT2D eigenvalue weighted by Gasteiger charge is 2.39. The molecule has 0 saturated heterocycles. The van der Waals surface area contributed by atoms with Gasteiger partial charge in [-0.25, -0.2) is 9.97 Å². The van der Waals surface area contributed by atoms with E-state index in [-0.39, 0.29) is 36.2 Å². The quantitative estimate of drug-likeness (QED) is 0.175. The number of hydrogen-bond donors (Lipinski definition) is 2. The van der Waals surface area contributed by atoms with Crippen LogP contribution in [0.15, 0.2) is 36.4 Å². The third kappa shape index (κ3) is 6.26. The molecule has 0 aliphatic carbocycles. The molecule has 4 aliphatic heterocycles. The van der Waals surface area contributed by atoms with Gasteiger partial charge in [-0.2, -0.15) is 0 Å². The van der Waals surface area contributed by atoms with Crippen LogP contribution < -0.4 is 0 Å². The molecular weight excluding hydrogens is 679 g/mol. The molecule has 0 radical (unpaired) electrons. The molecule has 10 heteroatoms. The SMILES string of the molecule is CCC1=C(C)c2cc3nc(cc4[nH]c(c5c6[nH]c(cc1n2)c(C)c6C(=O)N(C)C5=O)[C@@H](CCC(=O)OC)[C@@H]4C)C(C)=C3C(C)OCc1cc(C)cc(C)c1. The summed E-state index contributed by atoms with van der Waals surface area (Å²) < 4.78 is 11.6. The Labute approximate surface area is 316 Å². The fourth-order valence-electron chi connectivity index (χ4n) is 8.58. The number of ether oxygens (including phenoxy) is 2. The van der Waals surface area contributed by atoms with Gasteiger partial charge in [-0.3, -0.25) is 19.3 Å². The minimum absolute atomic E-state index is 0.118. The number of carbonyl (C=O) groups is 3. The summed E-state index contributed by atoms with van der Waals surface area (Å²) in [6.45, 7) is 17.0. The minimum Gasteiger partial charge on any atom is -0.469 e. The minimum atomic E-state index is -0.407. The topological polar surface area (TPSA) is 130 Å². The first-order valence-electron chi connectivity index (χ1n) is 18.8. The first-order chi connectivity index (χ1) is 25.7. The number of fused-ring (bicyclic) bond motifs is 8. The number of allylic oxidation sites excluding steroid dienone is 3. The molecule has 2 aromatic heterocycles. The number of esters is 1. The Hall–Kier alpha value is -5.35. The molecule has 1 unspecified atom stereocenters. The van der Waals surface area contributed by atoms with Gasteiger partial charge in [0.25, 0.3) is 11.8 Å². The second-order valence-electron chi connectivity index (χ2n) is 15.1. The Kier molecular flexibility index (Phi) is 9.68. The van der Waals surface area contributed by atoms with Gasteiger partial charge in [0.15, 0.2) is 0 Å². The lowest BCUT2D eigenvalue weighted by molar-refractivity contribution is -0.140. The Bertz CT molecular complexity index is 2370. The predicted molar refractivity (Wildman–Crippen MR) is 211 cm³/mol. The highest BCUT2D eigenvalue weighted by atomic mass is 16.5. The third-order valence-corrected chi connectivity index (χ3v) is 11.6. The number of aromatic nitrogens is 4. The number of rotatable bonds is 8. The monoisotopic (exact) mass is 727 g/mol. The zero-order valence-electron chi connectivity index (χ0n) is 32.9. The summed E-state index contributed by atoms with van der Waals surface area (Å²) in [6, 6.07) is 12.6. The highest BCUT2D eigenvalue weighted by molar-refractivity contribution is 6.23. The fraction of sp³-hybridized carbons (Fsp3) is 0.386. The molecule has 2 N–H and O–H groups in total. The summed E-state index contributed by atoms with van der Waals surface area (Å²) in [5, 5.41) is 0. The van der Waals surface area contributed by atoms with Gasteiger partial charge in [0.1, 0.15) is 0 Å². The molecule has 7 rings (SSSR count). The molecule has 3 aromatic rings. The number of methoxy groups -OCH3 is 1. The summed E-state index contributed by atoms with van der Waals surface area (Å²) in [6.07, 6.45) is 1.09. The summed E-state index contributed by atoms with van der Waals surface area (Å²) in [5.41, 5.74) is 15.2. The number of aryl methyl sites for hydroxylation is 3. The van der Waals surface area contributed by atoms with Crippen molar-refractivity contribution in [2.24, 2.45) is 0 Å². The van der Waals surface area contributed by atoms with E-state index in [2.05, 4.69) is 88.8 Å². The lowest BCUT2D eigenvalue weighted by Crippen LogP contribution is -2.37. The third-order valence-electron chi connectivity index (χ3n) is 11.6. The molecule has 54 heavy (non-hydrogen) atoms. The van der Waals surface area contributed by atoms with Gasteiger partial charge in [0.2, 0.25) is 0 Å². The smallest absolute Gasteiger partial charge is 0.305 e. The molecule has 280 valence electrons. The number of nitrogens with one attached hydrogen (secondary N) is 2. The Morgan fingerprint density at radius 3 is 2.22 bits per heavy atom. The van der Waals surface area contributed by atoms with E-state index in [0.29, 0.717) is 40.9 Å². The molecule has 10 nitrogen and oxygen atoms in total. The van der Waals surface area contributed by atoms with Gasteiger partial charge >= 0.3 is 5.97 Å². The van der Waals surface area contributed by atoms with Gasteiger partial charge in [-0.1, -0.05) is 43.2 Å². The van der Waals surface area contributed by atoms with Crippen LogP contribution in [0.25, 0.3) is 33.3 Å². The van der Waals surface area contributed by atoms with Crippen molar-refractivity contribution in [3.05, 3.63) is 104 Å². The van der Waals surface area contributed by atoms with Crippen LogP contribution in [0.1, 0.15) is 143 Å². The van der Waals surface area contributed by atoms with Crippen LogP contribution in [0, 0.1) is 20.8 Å². The van der Waals surface area contributed by atoms with Crippen molar-refractivity contribution in [2.45, 2.75) is 99.2 Å². The number of H-pyrrole nitrogens is 2. The van der Waals surface area contributed by atoms with Crippen molar-refractivity contribution < 1.29 is 23.9 Å². The van der Waals surface area contributed by atoms with Crippen LogP contribution in [-0.4, -0.2) is 62.9 Å². The first-order valence-corrected chi connectivity index (χ1v) is 18.8. The van der Waals surface area contributed by atoms with Crippen molar-refractivity contribution in [2.75, 3.05) is 14.2 Å². The van der Waals surface area contributed by atoms with Gasteiger partial charge in [0, 0.05) is 47.8 Å². The van der Waals surface area contributed by atoms with E-state index in [1.54, 1.807) is 0 Å². The molecular formula is C44H49N5O5. The first kappa shape index (κ1) is 37.0. The van der Waals surface area contributed by atoms with Crippen LogP contribution in [-0.2, 0) is 20.9 Å². The number of benzene rings is 1. The summed E-state index contributed by atoms with van der Waals surface area (Å²) in [7, 11) is 2.90. The van der Waals surface area contributed by atoms with E-state index in [1.165, 1.54) is 30.2 Å². The van der Waals surface area contributed by atoms with Gasteiger partial charge in [0.05, 0.1) is 59.2 Å². The second kappa shape index (κ2) is 14.1. The Morgan fingerprint density at radius 1 is 0.870 bits per heavy atom. The maximum atomic E-state index is 14.2. The molecule has 3 atom stereocenters. The van der Waals surface area contributed by atoms with Crippen LogP contribution in [0.2, 0.25) is 0 Å². The van der Waals surface area contributed by atoms with E-state index in [1.807, 2.05) is 13.0 Å². The number of nitrogens with zero attached hydrogens (tertiary/aromatic N) is 3. The van der Waals surface area contributed by atoms with Gasteiger partial charge < -0.3 is 19.4 Å². The number of hydrogen-bond acceptors (Lipinski definition) is 7. The van der Waals surface area contributed by atoms with Crippen LogP contribution in [0.4, 0.5) is 0 Å². The van der Waals surface area contributed by atoms with E-state index in [0.717, 1.165) is 68.3 Å². The average Bonchev–Trinajstić information content (AvgIpc) is 3.81. The van der Waals surface area contributed by atoms with E-state index in [9.17, 15) is 14.4 Å². The van der Waals surface area contributed by atoms with Crippen molar-refractivity contribution in [3.63, 3.8) is 0 Å². The lowest BCUT2D eigenvalue weighted by atomic mass is 9.84. The van der Waals surface area contributed by atoms with Crippen LogP contribution >= 0.6 is 0 Å². The maximum Gasteiger partial charge on any atom is 0.305 e. The predicted octanol–water partition coefficient (Wildman–Crippen LogP) is 8.91. The molecule has 0 fully saturated rings. The average molecular weight is 728 g/mol. The molecule has 0 spiro atoms. The van der Waals surface area contributed by atoms with Crippen LogP contribution in [0.5, 0.6) is 0 Å². The van der Waals surface area contributed by atoms with Gasteiger partial charge in [-0.05, 0) is 100 Å². The molecule has 1 aromatic carbocycles. The Morgan fingerprint density at radius 2 is 1.54 bits per heavy atom. The standard InChI is InChI=1S/C44H49N5O5/c1-11-29-23(4)31-19-36-38(27(8)54-20-28-15-21(2)14-22(3)16-28)25(6)33(46-36)17-32-24(5)30(12-13-37(50)53-10)41(47-32)40-42-39(43(51)49(9)44(40)52)26(7)34(48-42)18-35(29)45-31/h14-19,24,27,30,47-48H,11-13,20H2,1-10H3/t24-,27?,30-/m0/s1. The van der Waals surface area contributed by atoms with Crippen LogP contribution in [0.3, 0.4) is 0 Å². The largest absolute Gasteiger partial charge is 0.469 e. The highest BCUT2D eigenvalue weighted by Crippen LogP contribution is 2.45. The summed E-state index contributed by atoms with van der Waals surface area (Å²) in [4.78, 5) is 59.1. The number of amides is 2. The van der Waals surface area contributed by atoms with Gasteiger partial charge in [-0.15, -0.1) is 0 Å². The van der Waals surface area contributed by atoms with E-state index < -0.39 is 5.91 Å². The normalized spacial score (nSPS) is 18.1.